The molecule has 1 aromatic heterocycles. The van der Waals surface area contributed by atoms with Gasteiger partial charge in [0.25, 0.3) is 0 Å². The van der Waals surface area contributed by atoms with Crippen molar-refractivity contribution in [3.8, 4) is 11.1 Å². The van der Waals surface area contributed by atoms with Crippen LogP contribution in [0.3, 0.4) is 0 Å². The zero-order valence-electron chi connectivity index (χ0n) is 14.7. The first-order chi connectivity index (χ1) is 12.8. The van der Waals surface area contributed by atoms with E-state index in [4.69, 9.17) is 0 Å². The van der Waals surface area contributed by atoms with Crippen molar-refractivity contribution in [2.45, 2.75) is 0 Å². The lowest BCUT2D eigenvalue weighted by atomic mass is 9.96. The predicted octanol–water partition coefficient (Wildman–Crippen LogP) is 4.48. The predicted molar refractivity (Wildman–Crippen MR) is 113 cm³/mol. The van der Waals surface area contributed by atoms with E-state index in [1.165, 1.54) is 16.6 Å². The first-order valence-corrected chi connectivity index (χ1v) is 8.73. The maximum atomic E-state index is 4.09. The van der Waals surface area contributed by atoms with Gasteiger partial charge in [-0.25, -0.2) is 0 Å². The molecule has 0 radical (unpaired) electrons. The van der Waals surface area contributed by atoms with Crippen molar-refractivity contribution in [1.29, 1.82) is 0 Å². The van der Waals surface area contributed by atoms with Crippen molar-refractivity contribution < 1.29 is 0 Å². The molecule has 2 nitrogen and oxygen atoms in total. The van der Waals surface area contributed by atoms with E-state index in [-0.39, 0.29) is 0 Å². The number of para-hydroxylation sites is 1. The van der Waals surface area contributed by atoms with Gasteiger partial charge in [0.2, 0.25) is 0 Å². The van der Waals surface area contributed by atoms with Crippen LogP contribution in [-0.2, 0) is 0 Å². The fourth-order valence-electron chi connectivity index (χ4n) is 3.07. The smallest absolute Gasteiger partial charge is 0.139 e. The minimum atomic E-state index is 1.14. The van der Waals surface area contributed by atoms with Gasteiger partial charge < -0.3 is 4.90 Å². The van der Waals surface area contributed by atoms with Crippen LogP contribution in [0.1, 0.15) is 0 Å². The van der Waals surface area contributed by atoms with Crippen molar-refractivity contribution in [1.82, 2.24) is 4.98 Å². The number of aromatic nitrogens is 1. The molecule has 0 N–H and O–H groups in total. The summed E-state index contributed by atoms with van der Waals surface area (Å²) >= 11 is 0. The van der Waals surface area contributed by atoms with E-state index >= 15 is 0 Å². The van der Waals surface area contributed by atoms with Crippen molar-refractivity contribution in [3.05, 3.63) is 103 Å². The van der Waals surface area contributed by atoms with Crippen LogP contribution in [0.2, 0.25) is 0 Å². The number of pyridine rings is 1. The average Bonchev–Trinajstić information content (AvgIpc) is 2.72. The highest BCUT2D eigenvalue weighted by Gasteiger charge is 2.12. The molecule has 0 bridgehead atoms. The van der Waals surface area contributed by atoms with E-state index in [1.54, 1.807) is 0 Å². The van der Waals surface area contributed by atoms with Gasteiger partial charge in [0.15, 0.2) is 0 Å². The minimum absolute atomic E-state index is 1.14. The fourth-order valence-corrected chi connectivity index (χ4v) is 3.07. The summed E-state index contributed by atoms with van der Waals surface area (Å²) in [5, 5.41) is 0. The van der Waals surface area contributed by atoms with E-state index in [1.807, 2.05) is 30.6 Å². The molecule has 0 saturated heterocycles. The van der Waals surface area contributed by atoms with Crippen LogP contribution in [0.25, 0.3) is 11.1 Å². The first kappa shape index (κ1) is 16.2. The lowest BCUT2D eigenvalue weighted by Crippen LogP contribution is -2.11. The van der Waals surface area contributed by atoms with Gasteiger partial charge in [0.1, 0.15) is 7.85 Å². The SMILES string of the molecule is Bc1ccc(N(c2ccccc2)c2ccc(-c3ccncc3)cc2)cc1. The van der Waals surface area contributed by atoms with E-state index < -0.39 is 0 Å². The number of benzene rings is 3. The van der Waals surface area contributed by atoms with Gasteiger partial charge in [-0.2, -0.15) is 0 Å². The normalized spacial score (nSPS) is 10.5. The Balaban J connectivity index is 1.76. The van der Waals surface area contributed by atoms with E-state index in [0.717, 1.165) is 17.1 Å². The summed E-state index contributed by atoms with van der Waals surface area (Å²) in [6.07, 6.45) is 3.65. The molecule has 4 aromatic rings. The van der Waals surface area contributed by atoms with Crippen molar-refractivity contribution in [2.75, 3.05) is 4.90 Å². The van der Waals surface area contributed by atoms with Gasteiger partial charge in [0, 0.05) is 29.5 Å². The van der Waals surface area contributed by atoms with Gasteiger partial charge in [0.05, 0.1) is 0 Å². The summed E-state index contributed by atoms with van der Waals surface area (Å²) in [4.78, 5) is 6.37. The highest BCUT2D eigenvalue weighted by molar-refractivity contribution is 6.32. The first-order valence-electron chi connectivity index (χ1n) is 8.73. The molecule has 3 heteroatoms. The standard InChI is InChI=1S/C23H19BN2/c24-20-8-12-23(13-9-20)26(21-4-2-1-3-5-21)22-10-6-18(7-11-22)19-14-16-25-17-15-19/h1-17H,24H2. The molecule has 4 rings (SSSR count). The third-order valence-corrected chi connectivity index (χ3v) is 4.45. The topological polar surface area (TPSA) is 16.1 Å². The minimum Gasteiger partial charge on any atom is -0.311 e. The van der Waals surface area contributed by atoms with Crippen molar-refractivity contribution in [2.24, 2.45) is 0 Å². The Hall–Kier alpha value is -3.33. The quantitative estimate of drug-likeness (QED) is 0.512. The summed E-state index contributed by atoms with van der Waals surface area (Å²) in [6.45, 7) is 0. The van der Waals surface area contributed by atoms with Gasteiger partial charge in [-0.1, -0.05) is 47.9 Å². The molecule has 3 aromatic carbocycles. The molecule has 124 valence electrons. The molecule has 0 spiro atoms. The zero-order valence-corrected chi connectivity index (χ0v) is 14.7. The summed E-state index contributed by atoms with van der Waals surface area (Å²) in [6, 6.07) is 31.8. The molecule has 0 aliphatic rings. The Morgan fingerprint density at radius 2 is 1.04 bits per heavy atom. The summed E-state index contributed by atoms with van der Waals surface area (Å²) in [5.74, 6) is 0. The molecule has 1 heterocycles. The second kappa shape index (κ2) is 7.28. The Labute approximate surface area is 155 Å². The molecule has 0 aliphatic carbocycles. The Kier molecular flexibility index (Phi) is 4.52. The number of rotatable bonds is 4. The molecule has 0 fully saturated rings. The number of nitrogens with zero attached hydrogens (tertiary/aromatic N) is 2. The Morgan fingerprint density at radius 1 is 0.538 bits per heavy atom. The van der Waals surface area contributed by atoms with Crippen molar-refractivity contribution in [3.63, 3.8) is 0 Å². The summed E-state index contributed by atoms with van der Waals surface area (Å²) < 4.78 is 0. The number of hydrogen-bond acceptors (Lipinski definition) is 2. The lowest BCUT2D eigenvalue weighted by molar-refractivity contribution is 1.28. The van der Waals surface area contributed by atoms with Crippen LogP contribution in [0, 0.1) is 0 Å². The summed E-state index contributed by atoms with van der Waals surface area (Å²) in [7, 11) is 2.11. The molecular formula is C23H19BN2. The maximum absolute atomic E-state index is 4.09. The number of hydrogen-bond donors (Lipinski definition) is 0. The van der Waals surface area contributed by atoms with Crippen LogP contribution in [0.15, 0.2) is 103 Å². The van der Waals surface area contributed by atoms with Crippen LogP contribution in [-0.4, -0.2) is 12.8 Å². The molecular weight excluding hydrogens is 315 g/mol. The Bertz CT molecular complexity index is 966. The number of anilines is 3. The van der Waals surface area contributed by atoms with Gasteiger partial charge in [-0.15, -0.1) is 0 Å². The highest BCUT2D eigenvalue weighted by Crippen LogP contribution is 2.34. The maximum Gasteiger partial charge on any atom is 0.139 e. The average molecular weight is 334 g/mol. The van der Waals surface area contributed by atoms with Gasteiger partial charge in [-0.05, 0) is 59.7 Å². The second-order valence-corrected chi connectivity index (χ2v) is 6.29. The third-order valence-electron chi connectivity index (χ3n) is 4.45. The van der Waals surface area contributed by atoms with Crippen LogP contribution >= 0.6 is 0 Å². The Morgan fingerprint density at radius 3 is 1.65 bits per heavy atom. The van der Waals surface area contributed by atoms with E-state index in [0.29, 0.717) is 0 Å². The van der Waals surface area contributed by atoms with E-state index in [2.05, 4.69) is 90.5 Å². The second-order valence-electron chi connectivity index (χ2n) is 6.29. The molecule has 0 atom stereocenters. The van der Waals surface area contributed by atoms with Crippen LogP contribution < -0.4 is 10.4 Å². The fraction of sp³-hybridized carbons (Fsp3) is 0. The largest absolute Gasteiger partial charge is 0.311 e. The summed E-state index contributed by atoms with van der Waals surface area (Å²) in [5.41, 5.74) is 7.06. The third kappa shape index (κ3) is 3.38. The van der Waals surface area contributed by atoms with Crippen molar-refractivity contribution >= 4 is 30.4 Å². The zero-order chi connectivity index (χ0) is 17.8. The molecule has 0 saturated carbocycles. The van der Waals surface area contributed by atoms with Crippen LogP contribution in [0.5, 0.6) is 0 Å². The molecule has 26 heavy (non-hydrogen) atoms. The molecule has 0 unspecified atom stereocenters. The lowest BCUT2D eigenvalue weighted by Gasteiger charge is -2.25. The van der Waals surface area contributed by atoms with Gasteiger partial charge in [-0.3, -0.25) is 4.98 Å². The molecule has 0 aliphatic heterocycles. The van der Waals surface area contributed by atoms with E-state index in [9.17, 15) is 0 Å². The van der Waals surface area contributed by atoms with Crippen LogP contribution in [0.4, 0.5) is 17.1 Å². The monoisotopic (exact) mass is 334 g/mol. The van der Waals surface area contributed by atoms with Gasteiger partial charge >= 0.3 is 0 Å². The highest BCUT2D eigenvalue weighted by atomic mass is 15.1. The molecule has 0 amide bonds.